The van der Waals surface area contributed by atoms with Crippen molar-refractivity contribution in [3.63, 3.8) is 0 Å². The fourth-order valence-electron chi connectivity index (χ4n) is 3.14. The zero-order valence-corrected chi connectivity index (χ0v) is 10.6. The Balaban J connectivity index is 1.65. The number of carbonyl (C=O) groups excluding carboxylic acids is 1. The second-order valence-electron chi connectivity index (χ2n) is 5.11. The monoisotopic (exact) mass is 251 g/mol. The van der Waals surface area contributed by atoms with Crippen LogP contribution in [0.3, 0.4) is 0 Å². The lowest BCUT2D eigenvalue weighted by Crippen LogP contribution is -2.45. The lowest BCUT2D eigenvalue weighted by Gasteiger charge is -2.20. The first-order valence-corrected chi connectivity index (χ1v) is 7.44. The predicted molar refractivity (Wildman–Crippen MR) is 66.3 cm³/mol. The van der Waals surface area contributed by atoms with Gasteiger partial charge in [-0.2, -0.15) is 5.26 Å². The predicted octanol–water partition coefficient (Wildman–Crippen LogP) is 1.08. The molecule has 1 amide bonds. The average molecular weight is 251 g/mol. The van der Waals surface area contributed by atoms with Crippen LogP contribution in [-0.2, 0) is 4.79 Å². The van der Waals surface area contributed by atoms with Gasteiger partial charge < -0.3 is 10.2 Å². The van der Waals surface area contributed by atoms with Gasteiger partial charge >= 0.3 is 0 Å². The molecule has 3 atom stereocenters. The van der Waals surface area contributed by atoms with Crippen molar-refractivity contribution in [3.8, 4) is 6.07 Å². The van der Waals surface area contributed by atoms with Crippen molar-refractivity contribution >= 4 is 17.7 Å². The van der Waals surface area contributed by atoms with Crippen LogP contribution in [-0.4, -0.2) is 40.1 Å². The van der Waals surface area contributed by atoms with Gasteiger partial charge in [0.15, 0.2) is 0 Å². The highest BCUT2D eigenvalue weighted by Gasteiger charge is 2.47. The summed E-state index contributed by atoms with van der Waals surface area (Å²) >= 11 is 1.75. The number of thioether (sulfide) groups is 1. The first kappa shape index (κ1) is 11.4. The summed E-state index contributed by atoms with van der Waals surface area (Å²) in [7, 11) is 0. The Bertz CT molecular complexity index is 361. The zero-order chi connectivity index (χ0) is 11.8. The van der Waals surface area contributed by atoms with Crippen LogP contribution < -0.4 is 5.32 Å². The number of carbonyl (C=O) groups is 1. The maximum atomic E-state index is 12.2. The molecule has 0 spiro atoms. The van der Waals surface area contributed by atoms with Gasteiger partial charge in [0.25, 0.3) is 0 Å². The van der Waals surface area contributed by atoms with Crippen molar-refractivity contribution in [3.05, 3.63) is 0 Å². The SMILES string of the molecule is N#C[C@@H]1CS[C@H]2C[C@@H](NC3CCCC3)C(=O)N12. The van der Waals surface area contributed by atoms with Crippen molar-refractivity contribution in [2.45, 2.75) is 55.6 Å². The molecule has 3 fully saturated rings. The highest BCUT2D eigenvalue weighted by molar-refractivity contribution is 8.00. The number of nitrogens with zero attached hydrogens (tertiary/aromatic N) is 2. The molecule has 1 N–H and O–H groups in total. The van der Waals surface area contributed by atoms with Crippen LogP contribution in [0, 0.1) is 11.3 Å². The molecule has 4 nitrogen and oxygen atoms in total. The quantitative estimate of drug-likeness (QED) is 0.798. The second kappa shape index (κ2) is 4.51. The van der Waals surface area contributed by atoms with Crippen LogP contribution in [0.2, 0.25) is 0 Å². The Morgan fingerprint density at radius 3 is 2.88 bits per heavy atom. The molecule has 92 valence electrons. The summed E-state index contributed by atoms with van der Waals surface area (Å²) < 4.78 is 0. The number of hydrogen-bond donors (Lipinski definition) is 1. The number of rotatable bonds is 2. The number of nitriles is 1. The molecule has 1 aliphatic carbocycles. The van der Waals surface area contributed by atoms with Gasteiger partial charge in [0.2, 0.25) is 5.91 Å². The maximum Gasteiger partial charge on any atom is 0.241 e. The van der Waals surface area contributed by atoms with Gasteiger partial charge in [-0.1, -0.05) is 12.8 Å². The van der Waals surface area contributed by atoms with Gasteiger partial charge in [-0.05, 0) is 12.8 Å². The van der Waals surface area contributed by atoms with Gasteiger partial charge in [0.1, 0.15) is 6.04 Å². The van der Waals surface area contributed by atoms with Gasteiger partial charge in [0.05, 0.1) is 17.5 Å². The molecule has 3 aliphatic rings. The standard InChI is InChI=1S/C12H17N3OS/c13-6-9-7-17-11-5-10(12(16)15(9)11)14-8-3-1-2-4-8/h8-11,14H,1-5,7H2/t9-,10-,11+/m1/s1. The van der Waals surface area contributed by atoms with Crippen LogP contribution in [0.1, 0.15) is 32.1 Å². The Morgan fingerprint density at radius 1 is 1.41 bits per heavy atom. The molecule has 0 aromatic heterocycles. The van der Waals surface area contributed by atoms with E-state index in [1.165, 1.54) is 25.7 Å². The van der Waals surface area contributed by atoms with Gasteiger partial charge in [0, 0.05) is 18.2 Å². The van der Waals surface area contributed by atoms with E-state index in [1.807, 2.05) is 0 Å². The topological polar surface area (TPSA) is 56.1 Å². The smallest absolute Gasteiger partial charge is 0.241 e. The Morgan fingerprint density at radius 2 is 2.18 bits per heavy atom. The summed E-state index contributed by atoms with van der Waals surface area (Å²) in [5, 5.41) is 12.8. The van der Waals surface area contributed by atoms with Crippen molar-refractivity contribution in [2.75, 3.05) is 5.75 Å². The van der Waals surface area contributed by atoms with E-state index in [9.17, 15) is 4.79 Å². The van der Waals surface area contributed by atoms with Crippen LogP contribution in [0.5, 0.6) is 0 Å². The molecular weight excluding hydrogens is 234 g/mol. The van der Waals surface area contributed by atoms with Crippen molar-refractivity contribution in [2.24, 2.45) is 0 Å². The number of hydrogen-bond acceptors (Lipinski definition) is 4. The molecule has 2 saturated heterocycles. The molecule has 0 unspecified atom stereocenters. The van der Waals surface area contributed by atoms with Gasteiger partial charge in [-0.15, -0.1) is 11.8 Å². The van der Waals surface area contributed by atoms with Crippen molar-refractivity contribution < 1.29 is 4.79 Å². The molecule has 0 aromatic carbocycles. The molecule has 2 aliphatic heterocycles. The van der Waals surface area contributed by atoms with E-state index in [4.69, 9.17) is 5.26 Å². The molecule has 5 heteroatoms. The van der Waals surface area contributed by atoms with Crippen LogP contribution >= 0.6 is 11.8 Å². The maximum absolute atomic E-state index is 12.2. The third-order valence-electron chi connectivity index (χ3n) is 4.02. The summed E-state index contributed by atoms with van der Waals surface area (Å²) in [5.41, 5.74) is 0. The van der Waals surface area contributed by atoms with E-state index in [2.05, 4.69) is 11.4 Å². The van der Waals surface area contributed by atoms with Crippen LogP contribution in [0.4, 0.5) is 0 Å². The summed E-state index contributed by atoms with van der Waals surface area (Å²) in [6.07, 6.45) is 5.83. The van der Waals surface area contributed by atoms with Crippen LogP contribution in [0.25, 0.3) is 0 Å². The minimum absolute atomic E-state index is 0.0354. The third-order valence-corrected chi connectivity index (χ3v) is 5.34. The van der Waals surface area contributed by atoms with E-state index >= 15 is 0 Å². The summed E-state index contributed by atoms with van der Waals surface area (Å²) in [5.74, 6) is 0.932. The molecular formula is C12H17N3OS. The Hall–Kier alpha value is -0.730. The van der Waals surface area contributed by atoms with Crippen LogP contribution in [0.15, 0.2) is 0 Å². The first-order valence-electron chi connectivity index (χ1n) is 6.39. The fourth-order valence-corrected chi connectivity index (χ4v) is 4.52. The minimum atomic E-state index is -0.201. The molecule has 0 bridgehead atoms. The number of amides is 1. The zero-order valence-electron chi connectivity index (χ0n) is 9.76. The lowest BCUT2D eigenvalue weighted by atomic mass is 10.2. The Kier molecular flexibility index (Phi) is 3.01. The van der Waals surface area contributed by atoms with Gasteiger partial charge in [-0.25, -0.2) is 0 Å². The fraction of sp³-hybridized carbons (Fsp3) is 0.833. The van der Waals surface area contributed by atoms with E-state index in [1.54, 1.807) is 16.7 Å². The van der Waals surface area contributed by atoms with Crippen molar-refractivity contribution in [1.29, 1.82) is 5.26 Å². The first-order chi connectivity index (χ1) is 8.29. The Labute approximate surface area is 106 Å². The second-order valence-corrected chi connectivity index (χ2v) is 6.33. The lowest BCUT2D eigenvalue weighted by molar-refractivity contribution is -0.130. The van der Waals surface area contributed by atoms with E-state index < -0.39 is 0 Å². The molecule has 2 heterocycles. The molecule has 0 aromatic rings. The highest BCUT2D eigenvalue weighted by Crippen LogP contribution is 2.37. The van der Waals surface area contributed by atoms with Crippen molar-refractivity contribution in [1.82, 2.24) is 10.2 Å². The normalized spacial score (nSPS) is 37.5. The summed E-state index contributed by atoms with van der Waals surface area (Å²) in [6.45, 7) is 0. The van der Waals surface area contributed by atoms with Gasteiger partial charge in [-0.3, -0.25) is 4.79 Å². The van der Waals surface area contributed by atoms with E-state index in [0.717, 1.165) is 12.2 Å². The molecule has 0 radical (unpaired) electrons. The highest BCUT2D eigenvalue weighted by atomic mass is 32.2. The molecule has 1 saturated carbocycles. The van der Waals surface area contributed by atoms with E-state index in [0.29, 0.717) is 6.04 Å². The molecule has 3 rings (SSSR count). The molecule has 17 heavy (non-hydrogen) atoms. The average Bonchev–Trinajstić information content (AvgIpc) is 3.00. The largest absolute Gasteiger partial charge is 0.312 e. The number of nitrogens with one attached hydrogen (secondary N) is 1. The van der Waals surface area contributed by atoms with E-state index in [-0.39, 0.29) is 23.4 Å². The summed E-state index contributed by atoms with van der Waals surface area (Å²) in [4.78, 5) is 14.0. The summed E-state index contributed by atoms with van der Waals surface area (Å²) in [6, 6.07) is 2.52. The third kappa shape index (κ3) is 1.94. The number of fused-ring (bicyclic) bond motifs is 1. The minimum Gasteiger partial charge on any atom is -0.312 e.